The minimum absolute atomic E-state index is 0.428. The van der Waals surface area contributed by atoms with E-state index in [9.17, 15) is 4.21 Å². The number of hydrogen-bond acceptors (Lipinski definition) is 2. The highest BCUT2D eigenvalue weighted by Gasteiger charge is 2.08. The number of hydrogen-bond donors (Lipinski definition) is 1. The Morgan fingerprint density at radius 2 is 1.71 bits per heavy atom. The van der Waals surface area contributed by atoms with Crippen LogP contribution in [0, 0.1) is 0 Å². The summed E-state index contributed by atoms with van der Waals surface area (Å²) in [5.74, 6) is 0.428. The summed E-state index contributed by atoms with van der Waals surface area (Å²) in [5, 5.41) is 2.26. The standard InChI is InChI=1S/C17H14BrNOS/c18-15-7-5-14(17(19)10-15)11-21(20)16-8-6-12-3-1-2-4-13(12)9-16/h1-10H,11,19H2. The number of nitrogen functional groups attached to an aromatic ring is 1. The topological polar surface area (TPSA) is 43.1 Å². The van der Waals surface area contributed by atoms with Gasteiger partial charge in [-0.25, -0.2) is 0 Å². The third-order valence-electron chi connectivity index (χ3n) is 3.38. The van der Waals surface area contributed by atoms with Gasteiger partial charge < -0.3 is 5.73 Å². The van der Waals surface area contributed by atoms with Gasteiger partial charge in [0, 0.05) is 15.1 Å². The van der Waals surface area contributed by atoms with Crippen molar-refractivity contribution in [2.45, 2.75) is 10.6 Å². The zero-order chi connectivity index (χ0) is 14.8. The predicted octanol–water partition coefficient (Wildman–Crippen LogP) is 4.49. The van der Waals surface area contributed by atoms with Crippen LogP contribution in [0.5, 0.6) is 0 Å². The van der Waals surface area contributed by atoms with E-state index < -0.39 is 10.8 Å². The first-order valence-corrected chi connectivity index (χ1v) is 8.66. The number of halogens is 1. The quantitative estimate of drug-likeness (QED) is 0.700. The van der Waals surface area contributed by atoms with Gasteiger partial charge >= 0.3 is 0 Å². The molecule has 1 atom stereocenters. The highest BCUT2D eigenvalue weighted by molar-refractivity contribution is 9.10. The van der Waals surface area contributed by atoms with Gasteiger partial charge in [-0.1, -0.05) is 52.3 Å². The summed E-state index contributed by atoms with van der Waals surface area (Å²) in [7, 11) is -1.10. The van der Waals surface area contributed by atoms with Crippen LogP contribution in [0.25, 0.3) is 10.8 Å². The summed E-state index contributed by atoms with van der Waals surface area (Å²) in [4.78, 5) is 0.830. The van der Waals surface area contributed by atoms with E-state index in [1.165, 1.54) is 0 Å². The van der Waals surface area contributed by atoms with Gasteiger partial charge in [-0.05, 0) is 40.6 Å². The number of anilines is 1. The van der Waals surface area contributed by atoms with Crippen LogP contribution in [-0.4, -0.2) is 4.21 Å². The first-order chi connectivity index (χ1) is 10.1. The van der Waals surface area contributed by atoms with Crippen LogP contribution in [0.1, 0.15) is 5.56 Å². The lowest BCUT2D eigenvalue weighted by molar-refractivity contribution is 0.683. The average Bonchev–Trinajstić information content (AvgIpc) is 2.49. The summed E-state index contributed by atoms with van der Waals surface area (Å²) >= 11 is 3.38. The van der Waals surface area contributed by atoms with Gasteiger partial charge in [0.2, 0.25) is 0 Å². The molecule has 0 aliphatic carbocycles. The normalized spacial score (nSPS) is 12.4. The molecule has 0 aromatic heterocycles. The zero-order valence-electron chi connectivity index (χ0n) is 11.3. The molecular formula is C17H14BrNOS. The Labute approximate surface area is 134 Å². The monoisotopic (exact) mass is 359 g/mol. The summed E-state index contributed by atoms with van der Waals surface area (Å²) in [6.45, 7) is 0. The van der Waals surface area contributed by atoms with Crippen molar-refractivity contribution < 1.29 is 4.21 Å². The number of nitrogens with two attached hydrogens (primary N) is 1. The van der Waals surface area contributed by atoms with Crippen molar-refractivity contribution in [3.8, 4) is 0 Å². The van der Waals surface area contributed by atoms with Gasteiger partial charge in [0.15, 0.2) is 0 Å². The van der Waals surface area contributed by atoms with Crippen molar-refractivity contribution in [3.63, 3.8) is 0 Å². The smallest absolute Gasteiger partial charge is 0.0575 e. The van der Waals surface area contributed by atoms with Crippen molar-refractivity contribution in [1.29, 1.82) is 0 Å². The molecule has 0 saturated carbocycles. The van der Waals surface area contributed by atoms with Crippen molar-refractivity contribution in [3.05, 3.63) is 70.7 Å². The number of fused-ring (bicyclic) bond motifs is 1. The third kappa shape index (κ3) is 3.17. The summed E-state index contributed by atoms with van der Waals surface area (Å²) in [6, 6.07) is 19.7. The molecule has 0 bridgehead atoms. The zero-order valence-corrected chi connectivity index (χ0v) is 13.7. The Morgan fingerprint density at radius 3 is 2.48 bits per heavy atom. The molecule has 0 radical (unpaired) electrons. The van der Waals surface area contributed by atoms with E-state index in [1.807, 2.05) is 54.6 Å². The molecule has 3 aromatic rings. The van der Waals surface area contributed by atoms with Crippen molar-refractivity contribution in [2.24, 2.45) is 0 Å². The fourth-order valence-corrected chi connectivity index (χ4v) is 3.80. The van der Waals surface area contributed by atoms with Crippen LogP contribution in [0.3, 0.4) is 0 Å². The second kappa shape index (κ2) is 6.00. The van der Waals surface area contributed by atoms with Crippen LogP contribution >= 0.6 is 15.9 Å². The summed E-state index contributed by atoms with van der Waals surface area (Å²) < 4.78 is 13.5. The first kappa shape index (κ1) is 14.3. The Bertz CT molecular complexity index is 832. The summed E-state index contributed by atoms with van der Waals surface area (Å²) in [5.41, 5.74) is 7.55. The molecule has 21 heavy (non-hydrogen) atoms. The van der Waals surface area contributed by atoms with E-state index in [1.54, 1.807) is 0 Å². The SMILES string of the molecule is Nc1cc(Br)ccc1CS(=O)c1ccc2ccccc2c1. The molecule has 2 N–H and O–H groups in total. The lowest BCUT2D eigenvalue weighted by atomic mass is 10.1. The van der Waals surface area contributed by atoms with Gasteiger partial charge in [0.25, 0.3) is 0 Å². The average molecular weight is 360 g/mol. The van der Waals surface area contributed by atoms with Crippen LogP contribution in [0.4, 0.5) is 5.69 Å². The van der Waals surface area contributed by atoms with Gasteiger partial charge in [-0.3, -0.25) is 4.21 Å². The van der Waals surface area contributed by atoms with E-state index in [2.05, 4.69) is 22.0 Å². The lowest BCUT2D eigenvalue weighted by Gasteiger charge is -2.07. The van der Waals surface area contributed by atoms with Gasteiger partial charge in [-0.15, -0.1) is 0 Å². The second-order valence-corrected chi connectivity index (χ2v) is 7.21. The molecule has 4 heteroatoms. The molecule has 106 valence electrons. The fraction of sp³-hybridized carbons (Fsp3) is 0.0588. The lowest BCUT2D eigenvalue weighted by Crippen LogP contribution is -2.00. The van der Waals surface area contributed by atoms with Gasteiger partial charge in [0.05, 0.1) is 16.6 Å². The van der Waals surface area contributed by atoms with Crippen LogP contribution in [-0.2, 0) is 16.6 Å². The number of benzene rings is 3. The maximum absolute atomic E-state index is 12.5. The van der Waals surface area contributed by atoms with Crippen LogP contribution in [0.15, 0.2) is 70.0 Å². The van der Waals surface area contributed by atoms with Gasteiger partial charge in [0.1, 0.15) is 0 Å². The Morgan fingerprint density at radius 1 is 0.952 bits per heavy atom. The van der Waals surface area contributed by atoms with E-state index in [-0.39, 0.29) is 0 Å². The molecule has 0 spiro atoms. The highest BCUT2D eigenvalue weighted by Crippen LogP contribution is 2.23. The van der Waals surface area contributed by atoms with E-state index in [4.69, 9.17) is 5.73 Å². The maximum atomic E-state index is 12.5. The summed E-state index contributed by atoms with van der Waals surface area (Å²) in [6.07, 6.45) is 0. The van der Waals surface area contributed by atoms with Crippen LogP contribution in [0.2, 0.25) is 0 Å². The van der Waals surface area contributed by atoms with Crippen molar-refractivity contribution in [2.75, 3.05) is 5.73 Å². The Kier molecular flexibility index (Phi) is 4.08. The Hall–Kier alpha value is -1.65. The molecule has 3 aromatic carbocycles. The molecule has 0 heterocycles. The van der Waals surface area contributed by atoms with E-state index in [0.717, 1.165) is 25.7 Å². The third-order valence-corrected chi connectivity index (χ3v) is 5.22. The minimum Gasteiger partial charge on any atom is -0.398 e. The maximum Gasteiger partial charge on any atom is 0.0575 e. The fourth-order valence-electron chi connectivity index (χ4n) is 2.23. The molecule has 3 rings (SSSR count). The predicted molar refractivity (Wildman–Crippen MR) is 92.6 cm³/mol. The largest absolute Gasteiger partial charge is 0.398 e. The minimum atomic E-state index is -1.10. The molecule has 0 aliphatic heterocycles. The van der Waals surface area contributed by atoms with Gasteiger partial charge in [-0.2, -0.15) is 0 Å². The number of rotatable bonds is 3. The molecule has 0 aliphatic rings. The van der Waals surface area contributed by atoms with E-state index >= 15 is 0 Å². The Balaban J connectivity index is 1.89. The molecule has 1 unspecified atom stereocenters. The molecule has 0 saturated heterocycles. The molecule has 0 fully saturated rings. The second-order valence-electron chi connectivity index (χ2n) is 4.84. The molecule has 2 nitrogen and oxygen atoms in total. The first-order valence-electron chi connectivity index (χ1n) is 6.54. The highest BCUT2D eigenvalue weighted by atomic mass is 79.9. The molecular weight excluding hydrogens is 346 g/mol. The van der Waals surface area contributed by atoms with E-state index in [0.29, 0.717) is 11.4 Å². The molecule has 0 amide bonds. The van der Waals surface area contributed by atoms with Crippen molar-refractivity contribution in [1.82, 2.24) is 0 Å². The van der Waals surface area contributed by atoms with Crippen molar-refractivity contribution >= 4 is 43.2 Å². The van der Waals surface area contributed by atoms with Crippen LogP contribution < -0.4 is 5.73 Å².